The Labute approximate surface area is 232 Å². The van der Waals surface area contributed by atoms with Crippen molar-refractivity contribution in [3.63, 3.8) is 0 Å². The van der Waals surface area contributed by atoms with Gasteiger partial charge in [0.1, 0.15) is 23.5 Å². The van der Waals surface area contributed by atoms with Crippen molar-refractivity contribution in [2.24, 2.45) is 0 Å². The first-order valence-electron chi connectivity index (χ1n) is 11.9. The quantitative estimate of drug-likeness (QED) is 0.105. The highest BCUT2D eigenvalue weighted by atomic mass is 79.9. The SMILES string of the molecule is CCOc1cc([C@@H](C[N+](=O)[O-])Sc2nnc(C)n2-c2cccc(C)c2)cc(Br)c1OCc1ccccc1F. The van der Waals surface area contributed by atoms with E-state index >= 15 is 0 Å². The van der Waals surface area contributed by atoms with Crippen molar-refractivity contribution in [1.82, 2.24) is 14.8 Å². The maximum Gasteiger partial charge on any atom is 0.220 e. The lowest BCUT2D eigenvalue weighted by Crippen LogP contribution is -2.12. The average Bonchev–Trinajstić information content (AvgIpc) is 3.23. The maximum atomic E-state index is 14.1. The minimum atomic E-state index is -0.603. The number of halogens is 2. The Kier molecular flexibility index (Phi) is 9.01. The van der Waals surface area contributed by atoms with Gasteiger partial charge in [0.05, 0.1) is 11.1 Å². The maximum absolute atomic E-state index is 14.1. The predicted octanol–water partition coefficient (Wildman–Crippen LogP) is 6.87. The summed E-state index contributed by atoms with van der Waals surface area (Å²) in [6.45, 7) is 5.66. The summed E-state index contributed by atoms with van der Waals surface area (Å²) in [5, 5.41) is 20.2. The molecule has 4 rings (SSSR count). The Morgan fingerprint density at radius 1 is 1.11 bits per heavy atom. The summed E-state index contributed by atoms with van der Waals surface area (Å²) in [6, 6.07) is 17.8. The third kappa shape index (κ3) is 6.51. The molecule has 0 saturated heterocycles. The summed E-state index contributed by atoms with van der Waals surface area (Å²) in [7, 11) is 0. The molecule has 11 heteroatoms. The third-order valence-corrected chi connectivity index (χ3v) is 7.42. The zero-order valence-corrected chi connectivity index (χ0v) is 23.5. The van der Waals surface area contributed by atoms with Gasteiger partial charge < -0.3 is 9.47 Å². The minimum absolute atomic E-state index is 0.00333. The number of ether oxygens (including phenoxy) is 2. The molecule has 0 aliphatic rings. The lowest BCUT2D eigenvalue weighted by molar-refractivity contribution is -0.479. The van der Waals surface area contributed by atoms with Crippen LogP contribution in [-0.4, -0.2) is 32.8 Å². The molecule has 38 heavy (non-hydrogen) atoms. The Bertz CT molecular complexity index is 1450. The lowest BCUT2D eigenvalue weighted by atomic mass is 10.1. The van der Waals surface area contributed by atoms with Crippen molar-refractivity contribution < 1.29 is 18.8 Å². The standard InChI is InChI=1S/C27H26BrFN4O4S/c1-4-36-24-14-20(13-22(28)26(24)37-16-19-9-5-6-11-23(19)29)25(15-32(34)35)38-27-31-30-18(3)33(27)21-10-7-8-17(2)12-21/h5-14,25H,4,15-16H2,1-3H3/t25-/m1/s1. The van der Waals surface area contributed by atoms with Crippen LogP contribution in [0.15, 0.2) is 70.3 Å². The van der Waals surface area contributed by atoms with Crippen LogP contribution >= 0.6 is 27.7 Å². The second kappa shape index (κ2) is 12.4. The number of nitrogens with zero attached hydrogens (tertiary/aromatic N) is 4. The van der Waals surface area contributed by atoms with Crippen molar-refractivity contribution in [3.05, 3.63) is 104 Å². The van der Waals surface area contributed by atoms with Crippen LogP contribution < -0.4 is 9.47 Å². The third-order valence-electron chi connectivity index (χ3n) is 5.65. The summed E-state index contributed by atoms with van der Waals surface area (Å²) >= 11 is 4.78. The summed E-state index contributed by atoms with van der Waals surface area (Å²) < 4.78 is 28.3. The topological polar surface area (TPSA) is 92.3 Å². The minimum Gasteiger partial charge on any atom is -0.490 e. The van der Waals surface area contributed by atoms with E-state index in [2.05, 4.69) is 26.1 Å². The zero-order chi connectivity index (χ0) is 27.2. The van der Waals surface area contributed by atoms with Crippen LogP contribution in [0, 0.1) is 29.8 Å². The van der Waals surface area contributed by atoms with Gasteiger partial charge in [0.15, 0.2) is 16.7 Å². The molecule has 0 bridgehead atoms. The number of nitro groups is 1. The van der Waals surface area contributed by atoms with Gasteiger partial charge in [0.2, 0.25) is 6.54 Å². The summed E-state index contributed by atoms with van der Waals surface area (Å²) in [5.74, 6) is 1.10. The molecule has 0 radical (unpaired) electrons. The molecule has 0 spiro atoms. The van der Waals surface area contributed by atoms with E-state index in [0.29, 0.717) is 44.7 Å². The molecule has 1 aromatic heterocycles. The van der Waals surface area contributed by atoms with Crippen LogP contribution in [0.1, 0.15) is 34.7 Å². The van der Waals surface area contributed by atoms with Crippen molar-refractivity contribution in [2.75, 3.05) is 13.2 Å². The number of thioether (sulfide) groups is 1. The zero-order valence-electron chi connectivity index (χ0n) is 21.1. The van der Waals surface area contributed by atoms with Crippen molar-refractivity contribution in [1.29, 1.82) is 0 Å². The molecule has 1 atom stereocenters. The number of aromatic nitrogens is 3. The highest BCUT2D eigenvalue weighted by Crippen LogP contribution is 2.43. The van der Waals surface area contributed by atoms with Gasteiger partial charge in [-0.3, -0.25) is 14.7 Å². The summed E-state index contributed by atoms with van der Waals surface area (Å²) in [5.41, 5.74) is 3.00. The van der Waals surface area contributed by atoms with E-state index in [9.17, 15) is 14.5 Å². The molecule has 3 aromatic carbocycles. The van der Waals surface area contributed by atoms with Crippen molar-refractivity contribution in [2.45, 2.75) is 37.8 Å². The molecule has 0 unspecified atom stereocenters. The highest BCUT2D eigenvalue weighted by molar-refractivity contribution is 9.10. The van der Waals surface area contributed by atoms with E-state index in [4.69, 9.17) is 9.47 Å². The first kappa shape index (κ1) is 27.6. The number of hydrogen-bond acceptors (Lipinski definition) is 7. The highest BCUT2D eigenvalue weighted by Gasteiger charge is 2.26. The Morgan fingerprint density at radius 3 is 2.61 bits per heavy atom. The average molecular weight is 601 g/mol. The lowest BCUT2D eigenvalue weighted by Gasteiger charge is -2.19. The second-order valence-electron chi connectivity index (χ2n) is 8.47. The van der Waals surface area contributed by atoms with E-state index in [1.807, 2.05) is 49.6 Å². The van der Waals surface area contributed by atoms with Crippen LogP contribution in [0.25, 0.3) is 5.69 Å². The van der Waals surface area contributed by atoms with E-state index < -0.39 is 5.25 Å². The van der Waals surface area contributed by atoms with E-state index in [-0.39, 0.29) is 23.9 Å². The van der Waals surface area contributed by atoms with Crippen LogP contribution in [0.2, 0.25) is 0 Å². The molecule has 8 nitrogen and oxygen atoms in total. The molecule has 4 aromatic rings. The molecule has 1 heterocycles. The normalized spacial score (nSPS) is 11.8. The fourth-order valence-corrected chi connectivity index (χ4v) is 5.63. The van der Waals surface area contributed by atoms with Gasteiger partial charge in [-0.25, -0.2) is 4.39 Å². The second-order valence-corrected chi connectivity index (χ2v) is 10.5. The number of rotatable bonds is 11. The van der Waals surface area contributed by atoms with Crippen LogP contribution in [0.3, 0.4) is 0 Å². The van der Waals surface area contributed by atoms with E-state index in [1.165, 1.54) is 17.8 Å². The van der Waals surface area contributed by atoms with Crippen molar-refractivity contribution >= 4 is 27.7 Å². The van der Waals surface area contributed by atoms with Gasteiger partial charge in [0.25, 0.3) is 0 Å². The molecule has 0 saturated carbocycles. The van der Waals surface area contributed by atoms with Crippen LogP contribution in [0.5, 0.6) is 11.5 Å². The molecule has 0 fully saturated rings. The van der Waals surface area contributed by atoms with Gasteiger partial charge in [-0.05, 0) is 78.2 Å². The Hall–Kier alpha value is -3.44. The fourth-order valence-electron chi connectivity index (χ4n) is 3.90. The Balaban J connectivity index is 1.68. The first-order valence-corrected chi connectivity index (χ1v) is 13.5. The van der Waals surface area contributed by atoms with Gasteiger partial charge in [-0.1, -0.05) is 42.1 Å². The van der Waals surface area contributed by atoms with E-state index in [0.717, 1.165) is 11.3 Å². The number of benzene rings is 3. The largest absolute Gasteiger partial charge is 0.490 e. The van der Waals surface area contributed by atoms with Gasteiger partial charge in [-0.15, -0.1) is 10.2 Å². The van der Waals surface area contributed by atoms with Gasteiger partial charge in [0, 0.05) is 16.2 Å². The van der Waals surface area contributed by atoms with Crippen LogP contribution in [0.4, 0.5) is 4.39 Å². The molecule has 198 valence electrons. The molecule has 0 N–H and O–H groups in total. The van der Waals surface area contributed by atoms with Crippen molar-refractivity contribution in [3.8, 4) is 17.2 Å². The first-order chi connectivity index (χ1) is 18.3. The molecular weight excluding hydrogens is 575 g/mol. The Morgan fingerprint density at radius 2 is 1.89 bits per heavy atom. The summed E-state index contributed by atoms with van der Waals surface area (Å²) in [6.07, 6.45) is 0. The molecule has 0 aliphatic heterocycles. The smallest absolute Gasteiger partial charge is 0.220 e. The molecule has 0 aliphatic carbocycles. The number of aryl methyl sites for hydroxylation is 2. The summed E-state index contributed by atoms with van der Waals surface area (Å²) in [4.78, 5) is 11.3. The van der Waals surface area contributed by atoms with Gasteiger partial charge in [-0.2, -0.15) is 0 Å². The monoisotopic (exact) mass is 600 g/mol. The fraction of sp³-hybridized carbons (Fsp3) is 0.259. The van der Waals surface area contributed by atoms with Crippen LogP contribution in [-0.2, 0) is 6.61 Å². The predicted molar refractivity (Wildman–Crippen MR) is 147 cm³/mol. The van der Waals surface area contributed by atoms with E-state index in [1.54, 1.807) is 30.3 Å². The molecule has 0 amide bonds. The number of hydrogen-bond donors (Lipinski definition) is 0. The molecular formula is C27H26BrFN4O4S. The van der Waals surface area contributed by atoms with Gasteiger partial charge >= 0.3 is 0 Å².